The fourth-order valence-corrected chi connectivity index (χ4v) is 1.23. The zero-order valence-corrected chi connectivity index (χ0v) is 9.16. The summed E-state index contributed by atoms with van der Waals surface area (Å²) in [7, 11) is 0. The maximum absolute atomic E-state index is 13.1. The molecule has 1 atom stereocenters. The van der Waals surface area contributed by atoms with E-state index in [1.807, 2.05) is 0 Å². The molecule has 0 bridgehead atoms. The van der Waals surface area contributed by atoms with E-state index in [4.69, 9.17) is 9.84 Å². The Bertz CT molecular complexity index is 310. The third-order valence-corrected chi connectivity index (χ3v) is 2.18. The Morgan fingerprint density at radius 2 is 2.20 bits per heavy atom. The number of rotatable bonds is 5. The Morgan fingerprint density at radius 3 is 2.80 bits per heavy atom. The van der Waals surface area contributed by atoms with Crippen molar-refractivity contribution in [3.8, 4) is 5.75 Å². The molecule has 1 rings (SSSR count). The highest BCUT2D eigenvalue weighted by Crippen LogP contribution is 2.16. The molecule has 0 amide bonds. The standard InChI is InChI=1S/C12H17FO2/c1-9-5-6-11(8-12(9)13)15-7-3-4-10(2)14/h5-6,8,10,14H,3-4,7H2,1-2H3. The summed E-state index contributed by atoms with van der Waals surface area (Å²) in [5.41, 5.74) is 0.617. The van der Waals surface area contributed by atoms with E-state index in [9.17, 15) is 4.39 Å². The first-order valence-corrected chi connectivity index (χ1v) is 5.16. The largest absolute Gasteiger partial charge is 0.493 e. The number of hydrogen-bond acceptors (Lipinski definition) is 2. The molecule has 1 unspecified atom stereocenters. The number of hydrogen-bond donors (Lipinski definition) is 1. The monoisotopic (exact) mass is 212 g/mol. The molecule has 0 aromatic heterocycles. The van der Waals surface area contributed by atoms with Gasteiger partial charge in [-0.2, -0.15) is 0 Å². The zero-order chi connectivity index (χ0) is 11.3. The molecular formula is C12H17FO2. The molecule has 15 heavy (non-hydrogen) atoms. The molecule has 2 nitrogen and oxygen atoms in total. The van der Waals surface area contributed by atoms with Crippen LogP contribution < -0.4 is 4.74 Å². The minimum absolute atomic E-state index is 0.247. The van der Waals surface area contributed by atoms with E-state index in [2.05, 4.69) is 0 Å². The number of benzene rings is 1. The summed E-state index contributed by atoms with van der Waals surface area (Å²) in [6.45, 7) is 3.96. The molecule has 0 fully saturated rings. The van der Waals surface area contributed by atoms with E-state index in [0.717, 1.165) is 6.42 Å². The maximum atomic E-state index is 13.1. The van der Waals surface area contributed by atoms with Crippen LogP contribution >= 0.6 is 0 Å². The lowest BCUT2D eigenvalue weighted by molar-refractivity contribution is 0.170. The zero-order valence-electron chi connectivity index (χ0n) is 9.16. The van der Waals surface area contributed by atoms with Crippen molar-refractivity contribution in [3.05, 3.63) is 29.6 Å². The van der Waals surface area contributed by atoms with Gasteiger partial charge in [-0.3, -0.25) is 0 Å². The summed E-state index contributed by atoms with van der Waals surface area (Å²) in [4.78, 5) is 0. The summed E-state index contributed by atoms with van der Waals surface area (Å²) in [6, 6.07) is 4.83. The SMILES string of the molecule is Cc1ccc(OCCCC(C)O)cc1F. The number of aliphatic hydroxyl groups is 1. The van der Waals surface area contributed by atoms with Gasteiger partial charge < -0.3 is 9.84 Å². The summed E-state index contributed by atoms with van der Waals surface area (Å²) in [5, 5.41) is 9.01. The van der Waals surface area contributed by atoms with Gasteiger partial charge in [0.15, 0.2) is 0 Å². The van der Waals surface area contributed by atoms with E-state index in [0.29, 0.717) is 24.3 Å². The molecule has 1 aromatic rings. The Balaban J connectivity index is 2.35. The first-order chi connectivity index (χ1) is 7.09. The molecule has 0 spiro atoms. The van der Waals surface area contributed by atoms with Crippen LogP contribution in [0.25, 0.3) is 0 Å². The van der Waals surface area contributed by atoms with Gasteiger partial charge in [0.05, 0.1) is 12.7 Å². The molecule has 0 aliphatic carbocycles. The van der Waals surface area contributed by atoms with Crippen LogP contribution in [0.3, 0.4) is 0 Å². The van der Waals surface area contributed by atoms with Gasteiger partial charge in [-0.05, 0) is 38.3 Å². The van der Waals surface area contributed by atoms with Gasteiger partial charge in [-0.1, -0.05) is 6.07 Å². The van der Waals surface area contributed by atoms with Gasteiger partial charge in [0.1, 0.15) is 11.6 Å². The molecule has 0 radical (unpaired) electrons. The molecule has 1 N–H and O–H groups in total. The number of aliphatic hydroxyl groups excluding tert-OH is 1. The van der Waals surface area contributed by atoms with Crippen molar-refractivity contribution in [2.45, 2.75) is 32.8 Å². The highest BCUT2D eigenvalue weighted by Gasteiger charge is 2.00. The van der Waals surface area contributed by atoms with Gasteiger partial charge in [-0.15, -0.1) is 0 Å². The molecule has 84 valence electrons. The summed E-state index contributed by atoms with van der Waals surface area (Å²) in [6.07, 6.45) is 1.17. The Hall–Kier alpha value is -1.09. The third-order valence-electron chi connectivity index (χ3n) is 2.18. The van der Waals surface area contributed by atoms with Crippen LogP contribution in [0.5, 0.6) is 5.75 Å². The predicted octanol–water partition coefficient (Wildman–Crippen LogP) is 2.67. The fourth-order valence-electron chi connectivity index (χ4n) is 1.23. The first-order valence-electron chi connectivity index (χ1n) is 5.16. The number of ether oxygens (including phenoxy) is 1. The normalized spacial score (nSPS) is 12.5. The second kappa shape index (κ2) is 5.71. The molecule has 0 heterocycles. The van der Waals surface area contributed by atoms with Crippen molar-refractivity contribution < 1.29 is 14.2 Å². The maximum Gasteiger partial charge on any atom is 0.129 e. The number of halogens is 1. The van der Waals surface area contributed by atoms with Crippen molar-refractivity contribution in [3.63, 3.8) is 0 Å². The topological polar surface area (TPSA) is 29.5 Å². The average Bonchev–Trinajstić information content (AvgIpc) is 2.18. The third kappa shape index (κ3) is 4.30. The highest BCUT2D eigenvalue weighted by atomic mass is 19.1. The van der Waals surface area contributed by atoms with Crippen LogP contribution in [0.1, 0.15) is 25.3 Å². The molecular weight excluding hydrogens is 195 g/mol. The fraction of sp³-hybridized carbons (Fsp3) is 0.500. The Kier molecular flexibility index (Phi) is 4.56. The van der Waals surface area contributed by atoms with Gasteiger partial charge in [0.25, 0.3) is 0 Å². The molecule has 0 saturated heterocycles. The second-order valence-corrected chi connectivity index (χ2v) is 3.75. The lowest BCUT2D eigenvalue weighted by Crippen LogP contribution is -2.04. The summed E-state index contributed by atoms with van der Waals surface area (Å²) < 4.78 is 18.4. The Morgan fingerprint density at radius 1 is 1.47 bits per heavy atom. The van der Waals surface area contributed by atoms with E-state index in [1.54, 1.807) is 26.0 Å². The van der Waals surface area contributed by atoms with Gasteiger partial charge in [0.2, 0.25) is 0 Å². The average molecular weight is 212 g/mol. The molecule has 0 aliphatic rings. The predicted molar refractivity (Wildman–Crippen MR) is 57.5 cm³/mol. The Labute approximate surface area is 89.7 Å². The van der Waals surface area contributed by atoms with Crippen LogP contribution in [-0.4, -0.2) is 17.8 Å². The summed E-state index contributed by atoms with van der Waals surface area (Å²) in [5.74, 6) is 0.298. The van der Waals surface area contributed by atoms with Crippen LogP contribution in [0.2, 0.25) is 0 Å². The van der Waals surface area contributed by atoms with Crippen LogP contribution in [0.15, 0.2) is 18.2 Å². The van der Waals surface area contributed by atoms with Crippen molar-refractivity contribution >= 4 is 0 Å². The van der Waals surface area contributed by atoms with Gasteiger partial charge in [0, 0.05) is 6.07 Å². The van der Waals surface area contributed by atoms with Crippen molar-refractivity contribution in [1.82, 2.24) is 0 Å². The van der Waals surface area contributed by atoms with Gasteiger partial charge in [-0.25, -0.2) is 4.39 Å². The van der Waals surface area contributed by atoms with Crippen LogP contribution in [-0.2, 0) is 0 Å². The molecule has 3 heteroatoms. The molecule has 0 saturated carbocycles. The lowest BCUT2D eigenvalue weighted by atomic mass is 10.2. The van der Waals surface area contributed by atoms with Crippen molar-refractivity contribution in [2.75, 3.05) is 6.61 Å². The lowest BCUT2D eigenvalue weighted by Gasteiger charge is -2.07. The van der Waals surface area contributed by atoms with Gasteiger partial charge >= 0.3 is 0 Å². The van der Waals surface area contributed by atoms with E-state index in [1.165, 1.54) is 6.07 Å². The molecule has 0 aliphatic heterocycles. The van der Waals surface area contributed by atoms with E-state index in [-0.39, 0.29) is 11.9 Å². The first kappa shape index (κ1) is 12.0. The molecule has 1 aromatic carbocycles. The minimum Gasteiger partial charge on any atom is -0.493 e. The van der Waals surface area contributed by atoms with Crippen LogP contribution in [0.4, 0.5) is 4.39 Å². The number of aryl methyl sites for hydroxylation is 1. The van der Waals surface area contributed by atoms with Crippen molar-refractivity contribution in [1.29, 1.82) is 0 Å². The second-order valence-electron chi connectivity index (χ2n) is 3.75. The van der Waals surface area contributed by atoms with Crippen LogP contribution in [0, 0.1) is 12.7 Å². The van der Waals surface area contributed by atoms with E-state index >= 15 is 0 Å². The van der Waals surface area contributed by atoms with E-state index < -0.39 is 0 Å². The summed E-state index contributed by atoms with van der Waals surface area (Å²) >= 11 is 0. The highest BCUT2D eigenvalue weighted by molar-refractivity contribution is 5.27. The quantitative estimate of drug-likeness (QED) is 0.760. The van der Waals surface area contributed by atoms with Crippen molar-refractivity contribution in [2.24, 2.45) is 0 Å². The smallest absolute Gasteiger partial charge is 0.129 e. The minimum atomic E-state index is -0.302.